The molecule has 1 heterocycles. The lowest BCUT2D eigenvalue weighted by Gasteiger charge is -2.59. The van der Waals surface area contributed by atoms with Crippen LogP contribution in [0.15, 0.2) is 18.2 Å². The maximum atomic E-state index is 13.1. The van der Waals surface area contributed by atoms with E-state index in [2.05, 4.69) is 17.1 Å². The first-order valence-corrected chi connectivity index (χ1v) is 12.3. The summed E-state index contributed by atoms with van der Waals surface area (Å²) in [7, 11) is 0. The number of nitro benzene ring substituents is 1. The van der Waals surface area contributed by atoms with Crippen LogP contribution < -0.4 is 10.2 Å². The average molecular weight is 426 g/mol. The summed E-state index contributed by atoms with van der Waals surface area (Å²) in [6.07, 6.45) is 12.3. The predicted molar refractivity (Wildman–Crippen MR) is 121 cm³/mol. The van der Waals surface area contributed by atoms with Crippen molar-refractivity contribution in [3.63, 3.8) is 0 Å². The van der Waals surface area contributed by atoms with Gasteiger partial charge in [0.05, 0.1) is 4.92 Å². The number of nitro groups is 1. The van der Waals surface area contributed by atoms with E-state index in [-0.39, 0.29) is 28.0 Å². The van der Waals surface area contributed by atoms with Crippen molar-refractivity contribution in [2.45, 2.75) is 77.2 Å². The zero-order chi connectivity index (χ0) is 21.6. The Kier molecular flexibility index (Phi) is 5.43. The molecule has 1 atom stereocenters. The Bertz CT molecular complexity index is 824. The van der Waals surface area contributed by atoms with Gasteiger partial charge in [-0.2, -0.15) is 0 Å². The van der Waals surface area contributed by atoms with Crippen molar-refractivity contribution in [1.82, 2.24) is 5.32 Å². The van der Waals surface area contributed by atoms with Gasteiger partial charge < -0.3 is 10.2 Å². The highest BCUT2D eigenvalue weighted by molar-refractivity contribution is 5.96. The van der Waals surface area contributed by atoms with Crippen LogP contribution in [0.4, 0.5) is 11.4 Å². The van der Waals surface area contributed by atoms with E-state index in [1.165, 1.54) is 57.4 Å². The third kappa shape index (κ3) is 3.94. The molecule has 1 saturated heterocycles. The zero-order valence-electron chi connectivity index (χ0n) is 18.6. The van der Waals surface area contributed by atoms with Crippen LogP contribution in [0.25, 0.3) is 0 Å². The largest absolute Gasteiger partial charge is 0.366 e. The number of carbonyl (C=O) groups excluding carboxylic acids is 1. The van der Waals surface area contributed by atoms with Crippen LogP contribution in [0.3, 0.4) is 0 Å². The summed E-state index contributed by atoms with van der Waals surface area (Å²) in [6.45, 7) is 3.84. The first kappa shape index (κ1) is 20.8. The van der Waals surface area contributed by atoms with Crippen LogP contribution in [-0.2, 0) is 0 Å². The normalized spacial score (nSPS) is 33.1. The number of amides is 1. The second-order valence-electron chi connectivity index (χ2n) is 10.8. The Morgan fingerprint density at radius 1 is 1.06 bits per heavy atom. The monoisotopic (exact) mass is 425 g/mol. The summed E-state index contributed by atoms with van der Waals surface area (Å²) in [4.78, 5) is 26.7. The molecule has 6 heteroatoms. The molecule has 5 fully saturated rings. The molecular weight excluding hydrogens is 390 g/mol. The molecule has 4 aliphatic carbocycles. The van der Waals surface area contributed by atoms with E-state index in [9.17, 15) is 14.9 Å². The molecule has 0 radical (unpaired) electrons. The third-order valence-electron chi connectivity index (χ3n) is 8.73. The zero-order valence-corrected chi connectivity index (χ0v) is 18.6. The van der Waals surface area contributed by atoms with Crippen molar-refractivity contribution in [2.75, 3.05) is 18.0 Å². The standard InChI is InChI=1S/C25H35N3O3/c1-17(25-14-18-10-19(15-25)12-20(11-18)16-25)26-24(29)21-6-7-22(23(13-21)28(30)31)27-8-4-2-3-5-9-27/h6-7,13,17-20H,2-5,8-12,14-16H2,1H3,(H,26,29)/t17-,18?,19?,20?,25?/m1/s1. The molecule has 4 saturated carbocycles. The lowest BCUT2D eigenvalue weighted by atomic mass is 9.48. The number of nitrogens with one attached hydrogen (secondary N) is 1. The highest BCUT2D eigenvalue weighted by Crippen LogP contribution is 2.61. The molecule has 1 aliphatic heterocycles. The van der Waals surface area contributed by atoms with Crippen LogP contribution >= 0.6 is 0 Å². The molecule has 6 rings (SSSR count). The molecule has 168 valence electrons. The van der Waals surface area contributed by atoms with E-state index in [1.54, 1.807) is 12.1 Å². The SMILES string of the molecule is C[C@@H](NC(=O)c1ccc(N2CCCCCC2)c([N+](=O)[O-])c1)C12CC3CC(CC(C3)C1)C2. The fraction of sp³-hybridized carbons (Fsp3) is 0.720. The van der Waals surface area contributed by atoms with Crippen molar-refractivity contribution in [3.05, 3.63) is 33.9 Å². The third-order valence-corrected chi connectivity index (χ3v) is 8.73. The smallest absolute Gasteiger partial charge is 0.293 e. The highest BCUT2D eigenvalue weighted by Gasteiger charge is 2.53. The average Bonchev–Trinajstić information content (AvgIpc) is 3.01. The van der Waals surface area contributed by atoms with Gasteiger partial charge >= 0.3 is 0 Å². The topological polar surface area (TPSA) is 75.5 Å². The summed E-state index contributed by atoms with van der Waals surface area (Å²) in [6, 6.07) is 5.16. The van der Waals surface area contributed by atoms with Gasteiger partial charge in [-0.3, -0.25) is 14.9 Å². The van der Waals surface area contributed by atoms with Gasteiger partial charge in [0.1, 0.15) is 5.69 Å². The lowest BCUT2D eigenvalue weighted by molar-refractivity contribution is -0.384. The minimum absolute atomic E-state index is 0.0528. The maximum Gasteiger partial charge on any atom is 0.293 e. The number of carbonyl (C=O) groups is 1. The highest BCUT2D eigenvalue weighted by atomic mass is 16.6. The van der Waals surface area contributed by atoms with Crippen LogP contribution in [0.1, 0.15) is 81.5 Å². The number of anilines is 1. The Labute approximate surface area is 184 Å². The Balaban J connectivity index is 1.33. The first-order valence-electron chi connectivity index (χ1n) is 12.3. The summed E-state index contributed by atoms with van der Waals surface area (Å²) >= 11 is 0. The van der Waals surface area contributed by atoms with Crippen molar-refractivity contribution in [3.8, 4) is 0 Å². The molecule has 1 amide bonds. The van der Waals surface area contributed by atoms with Crippen LogP contribution in [0, 0.1) is 33.3 Å². The molecule has 0 aromatic heterocycles. The van der Waals surface area contributed by atoms with Gasteiger partial charge in [0.2, 0.25) is 0 Å². The van der Waals surface area contributed by atoms with Crippen molar-refractivity contribution >= 4 is 17.3 Å². The molecule has 1 aromatic carbocycles. The van der Waals surface area contributed by atoms with Crippen LogP contribution in [-0.4, -0.2) is 30.0 Å². The van der Waals surface area contributed by atoms with E-state index in [0.29, 0.717) is 11.3 Å². The minimum Gasteiger partial charge on any atom is -0.366 e. The predicted octanol–water partition coefficient (Wildman–Crippen LogP) is 5.31. The Morgan fingerprint density at radius 3 is 2.19 bits per heavy atom. The second-order valence-corrected chi connectivity index (χ2v) is 10.8. The van der Waals surface area contributed by atoms with Gasteiger partial charge in [-0.05, 0) is 93.6 Å². The molecule has 5 aliphatic rings. The number of benzene rings is 1. The van der Waals surface area contributed by atoms with Gasteiger partial charge in [-0.25, -0.2) is 0 Å². The minimum atomic E-state index is -0.334. The van der Waals surface area contributed by atoms with Crippen LogP contribution in [0.5, 0.6) is 0 Å². The van der Waals surface area contributed by atoms with Gasteiger partial charge in [0.25, 0.3) is 11.6 Å². The van der Waals surface area contributed by atoms with E-state index < -0.39 is 0 Å². The Hall–Kier alpha value is -2.11. The summed E-state index contributed by atoms with van der Waals surface area (Å²) < 4.78 is 0. The van der Waals surface area contributed by atoms with Crippen LogP contribution in [0.2, 0.25) is 0 Å². The van der Waals surface area contributed by atoms with Crippen molar-refractivity contribution in [2.24, 2.45) is 23.2 Å². The fourth-order valence-electron chi connectivity index (χ4n) is 7.53. The summed E-state index contributed by atoms with van der Waals surface area (Å²) in [5, 5.41) is 15.1. The quantitative estimate of drug-likeness (QED) is 0.512. The van der Waals surface area contributed by atoms with Crippen molar-refractivity contribution < 1.29 is 9.72 Å². The van der Waals surface area contributed by atoms with Crippen molar-refractivity contribution in [1.29, 1.82) is 0 Å². The van der Waals surface area contributed by atoms with Gasteiger partial charge in [-0.1, -0.05) is 12.8 Å². The number of rotatable bonds is 5. The molecule has 4 bridgehead atoms. The molecule has 1 aromatic rings. The van der Waals surface area contributed by atoms with E-state index in [1.807, 2.05) is 0 Å². The fourth-order valence-corrected chi connectivity index (χ4v) is 7.53. The molecular formula is C25H35N3O3. The van der Waals surface area contributed by atoms with E-state index >= 15 is 0 Å². The molecule has 31 heavy (non-hydrogen) atoms. The number of nitrogens with zero attached hydrogens (tertiary/aromatic N) is 2. The second kappa shape index (κ2) is 8.10. The van der Waals surface area contributed by atoms with Gasteiger partial charge in [0, 0.05) is 30.8 Å². The lowest BCUT2D eigenvalue weighted by Crippen LogP contribution is -2.55. The first-order chi connectivity index (χ1) is 14.9. The summed E-state index contributed by atoms with van der Waals surface area (Å²) in [5.41, 5.74) is 1.33. The molecule has 0 unspecified atom stereocenters. The van der Waals surface area contributed by atoms with Gasteiger partial charge in [-0.15, -0.1) is 0 Å². The van der Waals surface area contributed by atoms with E-state index in [0.717, 1.165) is 43.7 Å². The summed E-state index contributed by atoms with van der Waals surface area (Å²) in [5.74, 6) is 2.33. The number of hydrogen-bond acceptors (Lipinski definition) is 4. The number of hydrogen-bond donors (Lipinski definition) is 1. The Morgan fingerprint density at radius 2 is 1.65 bits per heavy atom. The maximum absolute atomic E-state index is 13.1. The molecule has 1 N–H and O–H groups in total. The molecule has 0 spiro atoms. The van der Waals surface area contributed by atoms with E-state index in [4.69, 9.17) is 0 Å². The van der Waals surface area contributed by atoms with Gasteiger partial charge in [0.15, 0.2) is 0 Å². The molecule has 6 nitrogen and oxygen atoms in total.